The van der Waals surface area contributed by atoms with Crippen LogP contribution in [0.2, 0.25) is 0 Å². The van der Waals surface area contributed by atoms with Gasteiger partial charge in [-0.1, -0.05) is 6.58 Å². The van der Waals surface area contributed by atoms with E-state index in [9.17, 15) is 9.59 Å². The largest absolute Gasteiger partial charge is 0.435 e. The first-order chi connectivity index (χ1) is 10.2. The van der Waals surface area contributed by atoms with Gasteiger partial charge in [0.1, 0.15) is 6.33 Å². The van der Waals surface area contributed by atoms with Crippen LogP contribution in [0, 0.1) is 0 Å². The van der Waals surface area contributed by atoms with Gasteiger partial charge in [0.2, 0.25) is 5.91 Å². The Bertz CT molecular complexity index is 652. The standard InChI is InChI=1S/C13H15N5O3/c1-2-21-10(20)6-4-3-5-9(19)18-13-11-12(15-7-14-11)16-8-17-13/h2,7-8H,1,3-6H2,(H2,14,15,16,17,18,19). The maximum atomic E-state index is 11.8. The molecule has 8 heteroatoms. The number of H-pyrrole nitrogens is 1. The molecule has 2 aromatic heterocycles. The number of carbonyl (C=O) groups is 2. The Balaban J connectivity index is 1.78. The number of imidazole rings is 1. The predicted octanol–water partition coefficient (Wildman–Crippen LogP) is 1.54. The smallest absolute Gasteiger partial charge is 0.310 e. The zero-order chi connectivity index (χ0) is 15.1. The van der Waals surface area contributed by atoms with E-state index in [4.69, 9.17) is 0 Å². The van der Waals surface area contributed by atoms with E-state index >= 15 is 0 Å². The molecule has 110 valence electrons. The van der Waals surface area contributed by atoms with Crippen LogP contribution >= 0.6 is 0 Å². The van der Waals surface area contributed by atoms with Gasteiger partial charge in [-0.15, -0.1) is 0 Å². The predicted molar refractivity (Wildman–Crippen MR) is 75.1 cm³/mol. The number of aromatic nitrogens is 4. The third kappa shape index (κ3) is 4.10. The van der Waals surface area contributed by atoms with E-state index in [0.29, 0.717) is 29.8 Å². The first kappa shape index (κ1) is 14.6. The van der Waals surface area contributed by atoms with Crippen molar-refractivity contribution < 1.29 is 14.3 Å². The Morgan fingerprint density at radius 1 is 1.29 bits per heavy atom. The molecule has 0 aliphatic rings. The molecule has 1 amide bonds. The fourth-order valence-electron chi connectivity index (χ4n) is 1.76. The number of amides is 1. The summed E-state index contributed by atoms with van der Waals surface area (Å²) in [6.45, 7) is 3.30. The lowest BCUT2D eigenvalue weighted by Crippen LogP contribution is -2.13. The van der Waals surface area contributed by atoms with Crippen molar-refractivity contribution in [2.75, 3.05) is 5.32 Å². The van der Waals surface area contributed by atoms with E-state index < -0.39 is 0 Å². The molecule has 0 aromatic carbocycles. The van der Waals surface area contributed by atoms with Crippen molar-refractivity contribution in [2.45, 2.75) is 25.7 Å². The minimum atomic E-state index is -0.348. The minimum absolute atomic E-state index is 0.185. The van der Waals surface area contributed by atoms with Gasteiger partial charge in [0.05, 0.1) is 12.6 Å². The molecule has 2 rings (SSSR count). The van der Waals surface area contributed by atoms with E-state index in [0.717, 1.165) is 6.26 Å². The second kappa shape index (κ2) is 7.13. The van der Waals surface area contributed by atoms with Gasteiger partial charge >= 0.3 is 5.97 Å². The number of esters is 1. The van der Waals surface area contributed by atoms with Gasteiger partial charge in [-0.05, 0) is 12.8 Å². The molecule has 2 heterocycles. The number of ether oxygens (including phenoxy) is 1. The number of rotatable bonds is 7. The molecule has 0 atom stereocenters. The van der Waals surface area contributed by atoms with Crippen LogP contribution in [0.15, 0.2) is 25.5 Å². The van der Waals surface area contributed by atoms with Crippen LogP contribution in [-0.4, -0.2) is 31.8 Å². The summed E-state index contributed by atoms with van der Waals surface area (Å²) in [6, 6.07) is 0. The number of nitrogens with one attached hydrogen (secondary N) is 2. The highest BCUT2D eigenvalue weighted by atomic mass is 16.5. The Labute approximate surface area is 120 Å². The van der Waals surface area contributed by atoms with Crippen molar-refractivity contribution in [3.8, 4) is 0 Å². The van der Waals surface area contributed by atoms with E-state index in [2.05, 4.69) is 36.6 Å². The van der Waals surface area contributed by atoms with E-state index in [1.54, 1.807) is 0 Å². The van der Waals surface area contributed by atoms with Gasteiger partial charge in [0.25, 0.3) is 0 Å². The van der Waals surface area contributed by atoms with Gasteiger partial charge in [-0.2, -0.15) is 0 Å². The summed E-state index contributed by atoms with van der Waals surface area (Å²) in [4.78, 5) is 37.7. The molecule has 0 saturated carbocycles. The van der Waals surface area contributed by atoms with Gasteiger partial charge in [0, 0.05) is 12.8 Å². The fourth-order valence-corrected chi connectivity index (χ4v) is 1.76. The molecule has 0 bridgehead atoms. The summed E-state index contributed by atoms with van der Waals surface area (Å²) in [5.41, 5.74) is 1.08. The summed E-state index contributed by atoms with van der Waals surface area (Å²) in [7, 11) is 0. The van der Waals surface area contributed by atoms with Gasteiger partial charge in [0.15, 0.2) is 17.0 Å². The van der Waals surface area contributed by atoms with Gasteiger partial charge in [-0.3, -0.25) is 9.59 Å². The third-order valence-electron chi connectivity index (χ3n) is 2.72. The summed E-state index contributed by atoms with van der Waals surface area (Å²) in [5.74, 6) is -0.160. The van der Waals surface area contributed by atoms with E-state index in [-0.39, 0.29) is 24.7 Å². The van der Waals surface area contributed by atoms with Crippen molar-refractivity contribution in [3.63, 3.8) is 0 Å². The summed E-state index contributed by atoms with van der Waals surface area (Å²) in [6.07, 6.45) is 5.63. The fraction of sp³-hybridized carbons (Fsp3) is 0.308. The Morgan fingerprint density at radius 2 is 2.10 bits per heavy atom. The number of hydrogen-bond donors (Lipinski definition) is 2. The number of aromatic amines is 1. The molecule has 2 N–H and O–H groups in total. The Kier molecular flexibility index (Phi) is 4.97. The normalized spacial score (nSPS) is 10.3. The Morgan fingerprint density at radius 3 is 2.90 bits per heavy atom. The zero-order valence-corrected chi connectivity index (χ0v) is 11.3. The number of anilines is 1. The number of unbranched alkanes of at least 4 members (excludes halogenated alkanes) is 1. The molecule has 0 saturated heterocycles. The first-order valence-corrected chi connectivity index (χ1v) is 6.45. The van der Waals surface area contributed by atoms with Crippen LogP contribution < -0.4 is 5.32 Å². The molecule has 21 heavy (non-hydrogen) atoms. The molecule has 0 fully saturated rings. The quantitative estimate of drug-likeness (QED) is 0.454. The van der Waals surface area contributed by atoms with Crippen LogP contribution in [0.25, 0.3) is 11.2 Å². The summed E-state index contributed by atoms with van der Waals surface area (Å²) >= 11 is 0. The number of fused-ring (bicyclic) bond motifs is 1. The van der Waals surface area contributed by atoms with Crippen molar-refractivity contribution in [2.24, 2.45) is 0 Å². The highest BCUT2D eigenvalue weighted by Crippen LogP contribution is 2.14. The van der Waals surface area contributed by atoms with Crippen molar-refractivity contribution in [3.05, 3.63) is 25.5 Å². The average Bonchev–Trinajstić information content (AvgIpc) is 2.93. The zero-order valence-electron chi connectivity index (χ0n) is 11.3. The molecule has 0 spiro atoms. The second-order valence-electron chi connectivity index (χ2n) is 4.23. The minimum Gasteiger partial charge on any atom is -0.435 e. The van der Waals surface area contributed by atoms with E-state index in [1.165, 1.54) is 12.7 Å². The number of carbonyl (C=O) groups excluding carboxylic acids is 2. The molecule has 0 unspecified atom stereocenters. The van der Waals surface area contributed by atoms with Gasteiger partial charge in [-0.25, -0.2) is 15.0 Å². The van der Waals surface area contributed by atoms with Crippen LogP contribution in [-0.2, 0) is 14.3 Å². The van der Waals surface area contributed by atoms with Crippen LogP contribution in [0.4, 0.5) is 5.82 Å². The topological polar surface area (TPSA) is 110 Å². The lowest BCUT2D eigenvalue weighted by atomic mass is 10.2. The SMILES string of the molecule is C=COC(=O)CCCCC(=O)Nc1ncnc2[nH]cnc12. The van der Waals surface area contributed by atoms with Crippen LogP contribution in [0.3, 0.4) is 0 Å². The van der Waals surface area contributed by atoms with Crippen molar-refractivity contribution in [1.82, 2.24) is 19.9 Å². The third-order valence-corrected chi connectivity index (χ3v) is 2.72. The van der Waals surface area contributed by atoms with E-state index in [1.807, 2.05) is 0 Å². The molecule has 0 radical (unpaired) electrons. The second-order valence-corrected chi connectivity index (χ2v) is 4.23. The summed E-state index contributed by atoms with van der Waals surface area (Å²) in [5, 5.41) is 2.68. The van der Waals surface area contributed by atoms with Crippen molar-refractivity contribution in [1.29, 1.82) is 0 Å². The highest BCUT2D eigenvalue weighted by Gasteiger charge is 2.10. The number of hydrogen-bond acceptors (Lipinski definition) is 6. The molecule has 2 aromatic rings. The molecule has 0 aliphatic heterocycles. The summed E-state index contributed by atoms with van der Waals surface area (Å²) < 4.78 is 4.58. The average molecular weight is 289 g/mol. The number of nitrogens with zero attached hydrogens (tertiary/aromatic N) is 3. The molecule has 0 aliphatic carbocycles. The van der Waals surface area contributed by atoms with Gasteiger partial charge < -0.3 is 15.0 Å². The van der Waals surface area contributed by atoms with Crippen LogP contribution in [0.1, 0.15) is 25.7 Å². The first-order valence-electron chi connectivity index (χ1n) is 6.45. The van der Waals surface area contributed by atoms with Crippen LogP contribution in [0.5, 0.6) is 0 Å². The molecule has 8 nitrogen and oxygen atoms in total. The highest BCUT2D eigenvalue weighted by molar-refractivity contribution is 5.96. The molecular formula is C13H15N5O3. The lowest BCUT2D eigenvalue weighted by Gasteiger charge is -2.04. The maximum Gasteiger partial charge on any atom is 0.310 e. The molecular weight excluding hydrogens is 274 g/mol. The monoisotopic (exact) mass is 289 g/mol. The van der Waals surface area contributed by atoms with Crippen molar-refractivity contribution >= 4 is 28.9 Å². The lowest BCUT2D eigenvalue weighted by molar-refractivity contribution is -0.138. The maximum absolute atomic E-state index is 11.8. The Hall–Kier alpha value is -2.77.